The van der Waals surface area contributed by atoms with E-state index in [1.807, 2.05) is 29.5 Å². The highest BCUT2D eigenvalue weighted by molar-refractivity contribution is 14.1. The van der Waals surface area contributed by atoms with E-state index in [1.165, 1.54) is 13.2 Å². The predicted molar refractivity (Wildman–Crippen MR) is 104 cm³/mol. The Morgan fingerprint density at radius 3 is 2.67 bits per heavy atom. The van der Waals surface area contributed by atoms with Gasteiger partial charge < -0.3 is 29.4 Å². The van der Waals surface area contributed by atoms with Gasteiger partial charge in [0.1, 0.15) is 14.6 Å². The fourth-order valence-corrected chi connectivity index (χ4v) is 2.78. The van der Waals surface area contributed by atoms with Crippen LogP contribution in [0, 0.1) is 5.41 Å². The van der Waals surface area contributed by atoms with E-state index < -0.39 is 27.9 Å². The molecule has 0 aliphatic carbocycles. The molecule has 9 nitrogen and oxygen atoms in total. The molecule has 0 aliphatic rings. The Bertz CT molecular complexity index is 874. The molecule has 0 aromatic carbocycles. The minimum Gasteiger partial charge on any atom is -0.465 e. The molecule has 0 radical (unpaired) electrons. The number of methoxy groups -OCH3 is 1. The predicted octanol–water partition coefficient (Wildman–Crippen LogP) is 1.91. The zero-order valence-corrected chi connectivity index (χ0v) is 17.3. The first-order chi connectivity index (χ1) is 12.7. The van der Waals surface area contributed by atoms with E-state index >= 15 is 0 Å². The zero-order chi connectivity index (χ0) is 20.4. The number of carbonyl (C=O) groups excluding carboxylic acids is 3. The molecule has 2 rings (SSSR count). The lowest BCUT2D eigenvalue weighted by Crippen LogP contribution is -2.47. The highest BCUT2D eigenvalue weighted by Crippen LogP contribution is 2.37. The zero-order valence-electron chi connectivity index (χ0n) is 15.2. The molecule has 2 aromatic heterocycles. The summed E-state index contributed by atoms with van der Waals surface area (Å²) in [5.74, 6) is -2.11. The summed E-state index contributed by atoms with van der Waals surface area (Å²) in [5, 5.41) is 10.3. The lowest BCUT2D eigenvalue weighted by Gasteiger charge is -2.26. The molecular weight excluding hydrogens is 471 g/mol. The third-order valence-corrected chi connectivity index (χ3v) is 5.56. The Balaban J connectivity index is 2.08. The Kier molecular flexibility index (Phi) is 6.42. The van der Waals surface area contributed by atoms with E-state index in [9.17, 15) is 14.4 Å². The van der Waals surface area contributed by atoms with E-state index in [0.29, 0.717) is 0 Å². The number of benzene rings is 1. The van der Waals surface area contributed by atoms with Crippen LogP contribution in [0.25, 0.3) is 11.2 Å². The van der Waals surface area contributed by atoms with Crippen LogP contribution in [0.4, 0.5) is 0 Å². The monoisotopic (exact) mass is 490 g/mol. The molecular formula is C17H19IN2O7. The minimum absolute atomic E-state index is 0.00197. The SMILES string of the molecule is CNC(C)C(C)(I)C(=O)OCC(=O)Oc1cc2oc1c(C(=O)OC)c2C=N. The Morgan fingerprint density at radius 1 is 1.44 bits per heavy atom. The van der Waals surface area contributed by atoms with Crippen LogP contribution in [0.2, 0.25) is 0 Å². The van der Waals surface area contributed by atoms with Crippen LogP contribution in [0.5, 0.6) is 5.75 Å². The molecule has 0 fully saturated rings. The number of fused-ring (bicyclic) bond motifs is 2. The maximum absolute atomic E-state index is 12.2. The van der Waals surface area contributed by atoms with Gasteiger partial charge in [0.05, 0.1) is 12.7 Å². The van der Waals surface area contributed by atoms with Crippen molar-refractivity contribution in [2.45, 2.75) is 23.3 Å². The molecule has 146 valence electrons. The normalized spacial score (nSPS) is 14.4. The number of hydrogen-bond donors (Lipinski definition) is 2. The van der Waals surface area contributed by atoms with Crippen LogP contribution in [0.3, 0.4) is 0 Å². The van der Waals surface area contributed by atoms with Crippen LogP contribution in [0.15, 0.2) is 10.5 Å². The van der Waals surface area contributed by atoms with E-state index in [-0.39, 0.29) is 34.1 Å². The fraction of sp³-hybridized carbons (Fsp3) is 0.412. The molecule has 2 aromatic rings. The quantitative estimate of drug-likeness (QED) is 0.189. The molecule has 27 heavy (non-hydrogen) atoms. The summed E-state index contributed by atoms with van der Waals surface area (Å²) < 4.78 is 19.3. The first kappa shape index (κ1) is 21.1. The molecule has 2 bridgehead atoms. The van der Waals surface area contributed by atoms with Crippen molar-refractivity contribution < 1.29 is 33.0 Å². The second-order valence-electron chi connectivity index (χ2n) is 5.86. The molecule has 2 heterocycles. The van der Waals surface area contributed by atoms with E-state index in [2.05, 4.69) is 10.1 Å². The smallest absolute Gasteiger partial charge is 0.349 e. The van der Waals surface area contributed by atoms with Crippen LogP contribution >= 0.6 is 22.6 Å². The Morgan fingerprint density at radius 2 is 2.11 bits per heavy atom. The molecule has 0 saturated carbocycles. The van der Waals surface area contributed by atoms with Gasteiger partial charge in [0.25, 0.3) is 0 Å². The molecule has 0 spiro atoms. The largest absolute Gasteiger partial charge is 0.465 e. The van der Waals surface area contributed by atoms with Crippen molar-refractivity contribution in [3.8, 4) is 5.75 Å². The maximum Gasteiger partial charge on any atom is 0.349 e. The number of furan rings is 2. The maximum atomic E-state index is 12.2. The number of carbonyl (C=O) groups is 3. The summed E-state index contributed by atoms with van der Waals surface area (Å²) in [5.41, 5.74) is 0.456. The second kappa shape index (κ2) is 8.21. The minimum atomic E-state index is -0.869. The average molecular weight is 490 g/mol. The summed E-state index contributed by atoms with van der Waals surface area (Å²) in [4.78, 5) is 36.1. The number of ether oxygens (including phenoxy) is 3. The Labute approximate surface area is 168 Å². The van der Waals surface area contributed by atoms with Crippen LogP contribution in [-0.2, 0) is 19.1 Å². The number of rotatable bonds is 8. The van der Waals surface area contributed by atoms with E-state index in [4.69, 9.17) is 19.3 Å². The van der Waals surface area contributed by atoms with E-state index in [1.54, 1.807) is 14.0 Å². The van der Waals surface area contributed by atoms with Gasteiger partial charge in [0.2, 0.25) is 0 Å². The number of hydrogen-bond acceptors (Lipinski definition) is 9. The Hall–Kier alpha value is -2.21. The van der Waals surface area contributed by atoms with Crippen molar-refractivity contribution >= 4 is 57.9 Å². The molecule has 2 N–H and O–H groups in total. The van der Waals surface area contributed by atoms with Crippen molar-refractivity contribution in [2.24, 2.45) is 0 Å². The third kappa shape index (κ3) is 4.05. The summed E-state index contributed by atoms with van der Waals surface area (Å²) in [6.07, 6.45) is 0.954. The van der Waals surface area contributed by atoms with Crippen molar-refractivity contribution in [3.63, 3.8) is 0 Å². The van der Waals surface area contributed by atoms with Crippen LogP contribution in [0.1, 0.15) is 29.8 Å². The van der Waals surface area contributed by atoms with Gasteiger partial charge in [0, 0.05) is 18.3 Å². The van der Waals surface area contributed by atoms with Gasteiger partial charge in [-0.05, 0) is 20.9 Å². The van der Waals surface area contributed by atoms with Gasteiger partial charge in [0.15, 0.2) is 17.9 Å². The van der Waals surface area contributed by atoms with Gasteiger partial charge in [-0.2, -0.15) is 0 Å². The third-order valence-electron chi connectivity index (χ3n) is 4.18. The highest BCUT2D eigenvalue weighted by atomic mass is 127. The summed E-state index contributed by atoms with van der Waals surface area (Å²) in [6.45, 7) is 2.91. The van der Waals surface area contributed by atoms with Gasteiger partial charge in [-0.25, -0.2) is 9.59 Å². The average Bonchev–Trinajstić information content (AvgIpc) is 3.21. The van der Waals surface area contributed by atoms with Gasteiger partial charge in [-0.1, -0.05) is 22.6 Å². The highest BCUT2D eigenvalue weighted by Gasteiger charge is 2.37. The summed E-state index contributed by atoms with van der Waals surface area (Å²) in [7, 11) is 2.91. The van der Waals surface area contributed by atoms with Crippen LogP contribution in [-0.4, -0.2) is 54.4 Å². The van der Waals surface area contributed by atoms with Crippen molar-refractivity contribution in [2.75, 3.05) is 20.8 Å². The molecule has 0 amide bonds. The fourth-order valence-electron chi connectivity index (χ4n) is 2.32. The number of alkyl halides is 1. The molecule has 10 heteroatoms. The van der Waals surface area contributed by atoms with Crippen molar-refractivity contribution in [1.82, 2.24) is 5.32 Å². The van der Waals surface area contributed by atoms with Gasteiger partial charge in [-0.3, -0.25) is 4.79 Å². The summed E-state index contributed by atoms with van der Waals surface area (Å²) >= 11 is 1.95. The lowest BCUT2D eigenvalue weighted by atomic mass is 10.0. The second-order valence-corrected chi connectivity index (χ2v) is 8.11. The van der Waals surface area contributed by atoms with Crippen LogP contribution < -0.4 is 10.1 Å². The van der Waals surface area contributed by atoms with Gasteiger partial charge in [-0.15, -0.1) is 0 Å². The topological polar surface area (TPSA) is 128 Å². The molecule has 0 saturated heterocycles. The van der Waals surface area contributed by atoms with Crippen molar-refractivity contribution in [1.29, 1.82) is 5.41 Å². The number of esters is 3. The standard InChI is InChI=1S/C17H19IN2O7/c1-8(20-3)17(2,18)16(23)25-7-12(21)26-11-5-10-9(6-19)13(14(11)27-10)15(22)24-4/h5-6,8,19-20H,7H2,1-4H3. The number of nitrogens with one attached hydrogen (secondary N) is 2. The van der Waals surface area contributed by atoms with Crippen molar-refractivity contribution in [3.05, 3.63) is 17.2 Å². The molecule has 0 aliphatic heterocycles. The first-order valence-electron chi connectivity index (χ1n) is 7.89. The van der Waals surface area contributed by atoms with E-state index in [0.717, 1.165) is 6.21 Å². The summed E-state index contributed by atoms with van der Waals surface area (Å²) in [6, 6.07) is 1.20. The first-order valence-corrected chi connectivity index (χ1v) is 8.96. The molecule has 2 unspecified atom stereocenters. The van der Waals surface area contributed by atoms with Gasteiger partial charge >= 0.3 is 17.9 Å². The number of halogens is 1. The molecule has 2 atom stereocenters. The lowest BCUT2D eigenvalue weighted by molar-refractivity contribution is -0.155.